The first-order valence-corrected chi connectivity index (χ1v) is 10.5. The third kappa shape index (κ3) is 5.05. The van der Waals surface area contributed by atoms with E-state index in [-0.39, 0.29) is 34.6 Å². The largest absolute Gasteiger partial charge is 0.351 e. The standard InChI is InChI=1S/C21H20Cl2F2N4O3/c1-21(2,15-7-14(18(24)25)27-9-28-15)20(32)26-8-10-5-12(22)17(13(23)6-10)11-3-4-16(30)29-19(11)31/h5-7,9,11,18H,3-4,8H2,1-2H3,(H,26,32)(H,29,30,31). The van der Waals surface area contributed by atoms with Gasteiger partial charge in [-0.25, -0.2) is 18.7 Å². The smallest absolute Gasteiger partial charge is 0.280 e. The van der Waals surface area contributed by atoms with Crippen LogP contribution in [0.25, 0.3) is 0 Å². The van der Waals surface area contributed by atoms with Gasteiger partial charge in [0.2, 0.25) is 17.7 Å². The van der Waals surface area contributed by atoms with Crippen molar-refractivity contribution in [2.75, 3.05) is 0 Å². The number of hydrogen-bond donors (Lipinski definition) is 2. The van der Waals surface area contributed by atoms with Crippen molar-refractivity contribution in [2.24, 2.45) is 0 Å². The number of carbonyl (C=O) groups excluding carboxylic acids is 3. The maximum atomic E-state index is 12.9. The molecule has 3 rings (SSSR count). The summed E-state index contributed by atoms with van der Waals surface area (Å²) in [5.41, 5.74) is -0.499. The summed E-state index contributed by atoms with van der Waals surface area (Å²) in [5.74, 6) is -1.89. The summed E-state index contributed by atoms with van der Waals surface area (Å²) < 4.78 is 25.9. The highest BCUT2D eigenvalue weighted by atomic mass is 35.5. The van der Waals surface area contributed by atoms with E-state index in [1.165, 1.54) is 0 Å². The molecule has 2 heterocycles. The molecule has 1 saturated heterocycles. The van der Waals surface area contributed by atoms with Crippen molar-refractivity contribution in [3.05, 3.63) is 57.1 Å². The van der Waals surface area contributed by atoms with Gasteiger partial charge in [-0.3, -0.25) is 19.7 Å². The van der Waals surface area contributed by atoms with E-state index in [4.69, 9.17) is 23.2 Å². The Morgan fingerprint density at radius 3 is 2.47 bits per heavy atom. The van der Waals surface area contributed by atoms with Gasteiger partial charge in [0, 0.05) is 28.6 Å². The van der Waals surface area contributed by atoms with Gasteiger partial charge in [-0.2, -0.15) is 0 Å². The summed E-state index contributed by atoms with van der Waals surface area (Å²) in [7, 11) is 0. The monoisotopic (exact) mass is 484 g/mol. The second-order valence-corrected chi connectivity index (χ2v) is 8.73. The van der Waals surface area contributed by atoms with Gasteiger partial charge < -0.3 is 5.32 Å². The average molecular weight is 485 g/mol. The molecule has 170 valence electrons. The summed E-state index contributed by atoms with van der Waals surface area (Å²) >= 11 is 12.7. The number of nitrogens with one attached hydrogen (secondary N) is 2. The van der Waals surface area contributed by atoms with E-state index in [1.807, 2.05) is 0 Å². The van der Waals surface area contributed by atoms with Crippen LogP contribution in [0.5, 0.6) is 0 Å². The van der Waals surface area contributed by atoms with Gasteiger partial charge in [-0.15, -0.1) is 0 Å². The fourth-order valence-electron chi connectivity index (χ4n) is 3.39. The summed E-state index contributed by atoms with van der Waals surface area (Å²) in [6.07, 6.45) is -1.29. The quantitative estimate of drug-likeness (QED) is 0.606. The number of rotatable bonds is 6. The van der Waals surface area contributed by atoms with E-state index in [1.54, 1.807) is 26.0 Å². The van der Waals surface area contributed by atoms with Crippen LogP contribution in [0, 0.1) is 0 Å². The predicted octanol–water partition coefficient (Wildman–Crippen LogP) is 3.84. The topological polar surface area (TPSA) is 101 Å². The lowest BCUT2D eigenvalue weighted by Gasteiger charge is -2.24. The van der Waals surface area contributed by atoms with Crippen molar-refractivity contribution in [1.82, 2.24) is 20.6 Å². The molecule has 1 aliphatic heterocycles. The maximum Gasteiger partial charge on any atom is 0.280 e. The van der Waals surface area contributed by atoms with Gasteiger partial charge in [-0.05, 0) is 44.0 Å². The molecule has 1 aromatic heterocycles. The number of piperidine rings is 1. The number of nitrogens with zero attached hydrogens (tertiary/aromatic N) is 2. The Balaban J connectivity index is 1.74. The van der Waals surface area contributed by atoms with E-state index in [0.717, 1.165) is 12.4 Å². The number of aromatic nitrogens is 2. The molecule has 0 bridgehead atoms. The van der Waals surface area contributed by atoms with Gasteiger partial charge in [0.15, 0.2) is 0 Å². The highest BCUT2D eigenvalue weighted by Gasteiger charge is 2.33. The molecule has 0 aliphatic carbocycles. The molecule has 2 aromatic rings. The van der Waals surface area contributed by atoms with Crippen LogP contribution in [0.15, 0.2) is 24.5 Å². The second-order valence-electron chi connectivity index (χ2n) is 7.91. The number of benzene rings is 1. The fraction of sp³-hybridized carbons (Fsp3) is 0.381. The number of alkyl halides is 2. The third-order valence-electron chi connectivity index (χ3n) is 5.30. The lowest BCUT2D eigenvalue weighted by Crippen LogP contribution is -2.40. The van der Waals surface area contributed by atoms with Crippen LogP contribution in [0.4, 0.5) is 8.78 Å². The zero-order chi connectivity index (χ0) is 23.6. The molecule has 1 aliphatic rings. The predicted molar refractivity (Wildman–Crippen MR) is 113 cm³/mol. The minimum Gasteiger partial charge on any atom is -0.351 e. The van der Waals surface area contributed by atoms with Gasteiger partial charge in [0.1, 0.15) is 12.0 Å². The average Bonchev–Trinajstić information content (AvgIpc) is 2.73. The Kier molecular flexibility index (Phi) is 7.09. The summed E-state index contributed by atoms with van der Waals surface area (Å²) in [4.78, 5) is 43.8. The highest BCUT2D eigenvalue weighted by Crippen LogP contribution is 2.37. The van der Waals surface area contributed by atoms with Crippen LogP contribution in [0.1, 0.15) is 61.5 Å². The molecule has 0 saturated carbocycles. The molecule has 32 heavy (non-hydrogen) atoms. The summed E-state index contributed by atoms with van der Waals surface area (Å²) in [6, 6.07) is 4.27. The van der Waals surface area contributed by atoms with Crippen LogP contribution in [-0.4, -0.2) is 27.7 Å². The molecule has 1 aromatic carbocycles. The van der Waals surface area contributed by atoms with Crippen molar-refractivity contribution in [3.63, 3.8) is 0 Å². The SMILES string of the molecule is CC(C)(C(=O)NCc1cc(Cl)c(C2CCC(=O)NC2=O)c(Cl)c1)c1cc(C(F)F)ncn1. The third-order valence-corrected chi connectivity index (χ3v) is 5.92. The molecular weight excluding hydrogens is 465 g/mol. The molecule has 1 fully saturated rings. The van der Waals surface area contributed by atoms with E-state index < -0.39 is 35.3 Å². The van der Waals surface area contributed by atoms with E-state index in [2.05, 4.69) is 20.6 Å². The first kappa shape index (κ1) is 24.0. The normalized spacial score (nSPS) is 16.8. The Hall–Kier alpha value is -2.65. The molecule has 1 unspecified atom stereocenters. The second kappa shape index (κ2) is 9.46. The van der Waals surface area contributed by atoms with E-state index in [9.17, 15) is 23.2 Å². The number of imide groups is 1. The number of hydrogen-bond acceptors (Lipinski definition) is 5. The van der Waals surface area contributed by atoms with Crippen LogP contribution in [0.2, 0.25) is 10.0 Å². The summed E-state index contributed by atoms with van der Waals surface area (Å²) in [6.45, 7) is 3.18. The maximum absolute atomic E-state index is 12.9. The van der Waals surface area contributed by atoms with E-state index >= 15 is 0 Å². The van der Waals surface area contributed by atoms with Crippen molar-refractivity contribution < 1.29 is 23.2 Å². The van der Waals surface area contributed by atoms with Crippen molar-refractivity contribution >= 4 is 40.9 Å². The minimum absolute atomic E-state index is 0.0596. The fourth-order valence-corrected chi connectivity index (χ4v) is 4.19. The number of amides is 3. The van der Waals surface area contributed by atoms with Gasteiger partial charge >= 0.3 is 0 Å². The number of carbonyl (C=O) groups is 3. The van der Waals surface area contributed by atoms with E-state index in [0.29, 0.717) is 17.5 Å². The van der Waals surface area contributed by atoms with Gasteiger partial charge in [-0.1, -0.05) is 23.2 Å². The van der Waals surface area contributed by atoms with Crippen LogP contribution in [-0.2, 0) is 26.3 Å². The minimum atomic E-state index is -2.78. The zero-order valence-electron chi connectivity index (χ0n) is 17.2. The van der Waals surface area contributed by atoms with Crippen LogP contribution >= 0.6 is 23.2 Å². The lowest BCUT2D eigenvalue weighted by atomic mass is 9.87. The highest BCUT2D eigenvalue weighted by molar-refractivity contribution is 6.36. The van der Waals surface area contributed by atoms with Crippen molar-refractivity contribution in [1.29, 1.82) is 0 Å². The first-order chi connectivity index (χ1) is 15.0. The van der Waals surface area contributed by atoms with Crippen molar-refractivity contribution in [3.8, 4) is 0 Å². The first-order valence-electron chi connectivity index (χ1n) is 9.71. The molecule has 1 atom stereocenters. The molecule has 0 spiro atoms. The Morgan fingerprint density at radius 1 is 1.22 bits per heavy atom. The Morgan fingerprint density at radius 2 is 1.88 bits per heavy atom. The van der Waals surface area contributed by atoms with Gasteiger partial charge in [0.05, 0.1) is 17.0 Å². The molecule has 0 radical (unpaired) electrons. The molecule has 3 amide bonds. The molecule has 11 heteroatoms. The Labute approximate surface area is 192 Å². The Bertz CT molecular complexity index is 1060. The lowest BCUT2D eigenvalue weighted by molar-refractivity contribution is -0.134. The number of halogens is 4. The van der Waals surface area contributed by atoms with Crippen LogP contribution in [0.3, 0.4) is 0 Å². The zero-order valence-corrected chi connectivity index (χ0v) is 18.7. The molecular formula is C21H20Cl2F2N4O3. The summed E-state index contributed by atoms with van der Waals surface area (Å²) in [5, 5.41) is 5.48. The molecule has 2 N–H and O–H groups in total. The van der Waals surface area contributed by atoms with Crippen molar-refractivity contribution in [2.45, 2.75) is 51.0 Å². The van der Waals surface area contributed by atoms with Gasteiger partial charge in [0.25, 0.3) is 6.43 Å². The molecule has 7 nitrogen and oxygen atoms in total. The van der Waals surface area contributed by atoms with Crippen LogP contribution < -0.4 is 10.6 Å².